The number of hydrogen-bond donors (Lipinski definition) is 2. The molecule has 36 heavy (non-hydrogen) atoms. The second-order valence-electron chi connectivity index (χ2n) is 8.69. The van der Waals surface area contributed by atoms with Crippen LogP contribution in [0.5, 0.6) is 0 Å². The summed E-state index contributed by atoms with van der Waals surface area (Å²) in [5, 5.41) is 6.60. The zero-order valence-corrected chi connectivity index (χ0v) is 22.1. The third-order valence-electron chi connectivity index (χ3n) is 5.86. The topological polar surface area (TPSA) is 113 Å². The summed E-state index contributed by atoms with van der Waals surface area (Å²) in [7, 11) is -2.58. The van der Waals surface area contributed by atoms with Crippen molar-refractivity contribution in [1.82, 2.24) is 14.3 Å². The molecule has 0 aliphatic carbocycles. The number of aromatic nitrogens is 1. The van der Waals surface area contributed by atoms with E-state index < -0.39 is 22.5 Å². The maximum atomic E-state index is 12.8. The van der Waals surface area contributed by atoms with Crippen molar-refractivity contribution < 1.29 is 18.0 Å². The van der Waals surface area contributed by atoms with Gasteiger partial charge in [0.25, 0.3) is 5.91 Å². The smallest absolute Gasteiger partial charge is 0.255 e. The summed E-state index contributed by atoms with van der Waals surface area (Å²) < 4.78 is 28.6. The highest BCUT2D eigenvalue weighted by Crippen LogP contribution is 2.22. The van der Waals surface area contributed by atoms with Gasteiger partial charge in [0.1, 0.15) is 0 Å². The average Bonchev–Trinajstić information content (AvgIpc) is 3.08. The van der Waals surface area contributed by atoms with Gasteiger partial charge in [-0.15, -0.1) is 0 Å². The van der Waals surface area contributed by atoms with Crippen molar-refractivity contribution in [1.29, 1.82) is 0 Å². The summed E-state index contributed by atoms with van der Waals surface area (Å²) in [6.07, 6.45) is 1.55. The molecule has 3 aromatic rings. The molecule has 3 rings (SSSR count). The summed E-state index contributed by atoms with van der Waals surface area (Å²) in [6, 6.07) is 14.0. The SMILES string of the molecule is CC(=O)Nc1ccc(S(=O)(=O)N(C)CC(=O)N/N=C/c2cc(C)n(-c3ccc(C)c(C)c3)c2C)cc1. The number of hydrazone groups is 1. The number of carbonyl (C=O) groups is 2. The predicted molar refractivity (Wildman–Crippen MR) is 141 cm³/mol. The van der Waals surface area contributed by atoms with Crippen molar-refractivity contribution in [3.05, 3.63) is 76.6 Å². The number of amides is 2. The highest BCUT2D eigenvalue weighted by Gasteiger charge is 2.23. The van der Waals surface area contributed by atoms with Gasteiger partial charge in [-0.3, -0.25) is 9.59 Å². The molecule has 2 aromatic carbocycles. The molecule has 0 aliphatic heterocycles. The summed E-state index contributed by atoms with van der Waals surface area (Å²) in [5.74, 6) is -0.831. The second kappa shape index (κ2) is 10.9. The lowest BCUT2D eigenvalue weighted by Crippen LogP contribution is -2.36. The minimum atomic E-state index is -3.90. The fraction of sp³-hybridized carbons (Fsp3) is 0.269. The largest absolute Gasteiger partial charge is 0.326 e. The molecule has 0 saturated carbocycles. The van der Waals surface area contributed by atoms with Gasteiger partial charge in [0.15, 0.2) is 0 Å². The van der Waals surface area contributed by atoms with Crippen molar-refractivity contribution in [3.63, 3.8) is 0 Å². The Morgan fingerprint density at radius 3 is 2.28 bits per heavy atom. The van der Waals surface area contributed by atoms with Gasteiger partial charge < -0.3 is 9.88 Å². The van der Waals surface area contributed by atoms with E-state index in [-0.39, 0.29) is 10.8 Å². The minimum Gasteiger partial charge on any atom is -0.326 e. The number of hydrogen-bond acceptors (Lipinski definition) is 5. The molecule has 10 heteroatoms. The van der Waals surface area contributed by atoms with Gasteiger partial charge in [-0.05, 0) is 81.3 Å². The van der Waals surface area contributed by atoms with Crippen molar-refractivity contribution in [2.45, 2.75) is 39.5 Å². The van der Waals surface area contributed by atoms with Crippen LogP contribution in [0.4, 0.5) is 5.69 Å². The van der Waals surface area contributed by atoms with Crippen molar-refractivity contribution >= 4 is 33.7 Å². The number of nitrogens with one attached hydrogen (secondary N) is 2. The van der Waals surface area contributed by atoms with Gasteiger partial charge in [0.2, 0.25) is 15.9 Å². The van der Waals surface area contributed by atoms with Crippen LogP contribution in [-0.4, -0.2) is 48.9 Å². The first kappa shape index (κ1) is 26.8. The first-order chi connectivity index (χ1) is 16.9. The first-order valence-corrected chi connectivity index (χ1v) is 12.8. The van der Waals surface area contributed by atoms with Crippen LogP contribution in [0.2, 0.25) is 0 Å². The van der Waals surface area contributed by atoms with Crippen LogP contribution in [0.15, 0.2) is 58.5 Å². The van der Waals surface area contributed by atoms with E-state index in [1.165, 1.54) is 49.4 Å². The summed E-state index contributed by atoms with van der Waals surface area (Å²) in [5.41, 5.74) is 9.18. The van der Waals surface area contributed by atoms with E-state index in [4.69, 9.17) is 0 Å². The molecule has 1 heterocycles. The fourth-order valence-electron chi connectivity index (χ4n) is 3.77. The van der Waals surface area contributed by atoms with E-state index in [0.717, 1.165) is 26.9 Å². The number of sulfonamides is 1. The average molecular weight is 510 g/mol. The summed E-state index contributed by atoms with van der Waals surface area (Å²) >= 11 is 0. The van der Waals surface area contributed by atoms with Gasteiger partial charge >= 0.3 is 0 Å². The Morgan fingerprint density at radius 2 is 1.67 bits per heavy atom. The maximum Gasteiger partial charge on any atom is 0.255 e. The second-order valence-corrected chi connectivity index (χ2v) is 10.7. The van der Waals surface area contributed by atoms with E-state index >= 15 is 0 Å². The van der Waals surface area contributed by atoms with Crippen LogP contribution >= 0.6 is 0 Å². The predicted octanol–water partition coefficient (Wildman–Crippen LogP) is 3.44. The third-order valence-corrected chi connectivity index (χ3v) is 7.68. The molecule has 0 spiro atoms. The molecule has 0 radical (unpaired) electrons. The Morgan fingerprint density at radius 1 is 1.00 bits per heavy atom. The number of aryl methyl sites for hydroxylation is 3. The number of rotatable bonds is 8. The summed E-state index contributed by atoms with van der Waals surface area (Å²) in [4.78, 5) is 23.5. The molecule has 1 aromatic heterocycles. The van der Waals surface area contributed by atoms with Gasteiger partial charge in [0.05, 0.1) is 17.7 Å². The lowest BCUT2D eigenvalue weighted by Gasteiger charge is -2.16. The zero-order chi connectivity index (χ0) is 26.6. The molecular weight excluding hydrogens is 478 g/mol. The van der Waals surface area contributed by atoms with Crippen molar-refractivity contribution in [2.24, 2.45) is 5.10 Å². The van der Waals surface area contributed by atoms with Gasteiger partial charge in [-0.1, -0.05) is 6.07 Å². The quantitative estimate of drug-likeness (QED) is 0.358. The molecule has 0 atom stereocenters. The lowest BCUT2D eigenvalue weighted by atomic mass is 10.1. The zero-order valence-electron chi connectivity index (χ0n) is 21.3. The standard InChI is InChI=1S/C26H31N5O4S/c1-17-7-10-24(13-18(17)2)31-19(3)14-22(20(31)4)15-27-29-26(33)16-30(6)36(34,35)25-11-8-23(9-12-25)28-21(5)32/h7-15H,16H2,1-6H3,(H,28,32)(H,29,33)/b27-15+. The molecule has 9 nitrogen and oxygen atoms in total. The minimum absolute atomic E-state index is 0.00851. The van der Waals surface area contributed by atoms with Crippen LogP contribution in [0.1, 0.15) is 35.0 Å². The number of benzene rings is 2. The Kier molecular flexibility index (Phi) is 8.11. The van der Waals surface area contributed by atoms with Crippen molar-refractivity contribution in [3.8, 4) is 5.69 Å². The molecule has 2 N–H and O–H groups in total. The van der Waals surface area contributed by atoms with Gasteiger partial charge in [-0.2, -0.15) is 9.41 Å². The third kappa shape index (κ3) is 6.07. The fourth-order valence-corrected chi connectivity index (χ4v) is 4.90. The number of likely N-dealkylation sites (N-methyl/N-ethyl adjacent to an activating group) is 1. The van der Waals surface area contributed by atoms with E-state index in [1.54, 1.807) is 6.21 Å². The van der Waals surface area contributed by atoms with Crippen LogP contribution in [0, 0.1) is 27.7 Å². The van der Waals surface area contributed by atoms with E-state index in [9.17, 15) is 18.0 Å². The lowest BCUT2D eigenvalue weighted by molar-refractivity contribution is -0.121. The number of anilines is 1. The molecule has 0 unspecified atom stereocenters. The monoisotopic (exact) mass is 509 g/mol. The van der Waals surface area contributed by atoms with E-state index in [0.29, 0.717) is 5.69 Å². The Labute approximate surface area is 211 Å². The van der Waals surface area contributed by atoms with Gasteiger partial charge in [0, 0.05) is 42.3 Å². The maximum absolute atomic E-state index is 12.8. The van der Waals surface area contributed by atoms with Gasteiger partial charge in [-0.25, -0.2) is 13.8 Å². The first-order valence-electron chi connectivity index (χ1n) is 11.3. The highest BCUT2D eigenvalue weighted by atomic mass is 32.2. The molecule has 0 fully saturated rings. The van der Waals surface area contributed by atoms with Crippen LogP contribution < -0.4 is 10.7 Å². The molecule has 0 aliphatic rings. The van der Waals surface area contributed by atoms with Crippen molar-refractivity contribution in [2.75, 3.05) is 18.9 Å². The number of nitrogens with zero attached hydrogens (tertiary/aromatic N) is 3. The van der Waals surface area contributed by atoms with Crippen LogP contribution in [0.3, 0.4) is 0 Å². The van der Waals surface area contributed by atoms with Crippen LogP contribution in [0.25, 0.3) is 5.69 Å². The van der Waals surface area contributed by atoms with Crippen LogP contribution in [-0.2, 0) is 19.6 Å². The Hall–Kier alpha value is -3.76. The normalized spacial score (nSPS) is 11.8. The summed E-state index contributed by atoms with van der Waals surface area (Å²) in [6.45, 7) is 9.07. The van der Waals surface area contributed by atoms with E-state index in [2.05, 4.69) is 52.5 Å². The molecule has 2 amide bonds. The van der Waals surface area contributed by atoms with E-state index in [1.807, 2.05) is 19.9 Å². The highest BCUT2D eigenvalue weighted by molar-refractivity contribution is 7.89. The molecule has 190 valence electrons. The Bertz CT molecular complexity index is 1420. The number of carbonyl (C=O) groups excluding carboxylic acids is 2. The molecular formula is C26H31N5O4S. The molecule has 0 bridgehead atoms. The Balaban J connectivity index is 1.65. The molecule has 0 saturated heterocycles.